The van der Waals surface area contributed by atoms with Gasteiger partial charge in [-0.05, 0) is 48.8 Å². The standard InChI is InChI=1S/C16H21F3O2/c1-2-11-3-6-13(9-11)15(20)10-12-4-7-14(8-5-12)21-16(17,18)19/h4-5,7-8,11,13,15,20H,2-3,6,9-10H2,1H3. The monoisotopic (exact) mass is 302 g/mol. The van der Waals surface area contributed by atoms with Crippen LogP contribution in [0.3, 0.4) is 0 Å². The Balaban J connectivity index is 1.88. The van der Waals surface area contributed by atoms with Gasteiger partial charge in [-0.2, -0.15) is 0 Å². The van der Waals surface area contributed by atoms with Gasteiger partial charge in [0.1, 0.15) is 5.75 Å². The maximum Gasteiger partial charge on any atom is 0.573 e. The van der Waals surface area contributed by atoms with Crippen molar-refractivity contribution >= 4 is 0 Å². The van der Waals surface area contributed by atoms with E-state index in [1.54, 1.807) is 12.1 Å². The van der Waals surface area contributed by atoms with Gasteiger partial charge in [0.25, 0.3) is 0 Å². The summed E-state index contributed by atoms with van der Waals surface area (Å²) in [5.74, 6) is 0.779. The molecule has 118 valence electrons. The molecular weight excluding hydrogens is 281 g/mol. The minimum atomic E-state index is -4.67. The van der Waals surface area contributed by atoms with E-state index in [0.717, 1.165) is 31.2 Å². The molecule has 1 aliphatic carbocycles. The van der Waals surface area contributed by atoms with E-state index in [1.165, 1.54) is 12.1 Å². The lowest BCUT2D eigenvalue weighted by molar-refractivity contribution is -0.274. The van der Waals surface area contributed by atoms with Crippen molar-refractivity contribution < 1.29 is 23.0 Å². The molecule has 1 aromatic rings. The van der Waals surface area contributed by atoms with E-state index < -0.39 is 12.5 Å². The molecule has 2 nitrogen and oxygen atoms in total. The first-order chi connectivity index (χ1) is 9.87. The van der Waals surface area contributed by atoms with Crippen LogP contribution in [0, 0.1) is 11.8 Å². The Morgan fingerprint density at radius 1 is 1.24 bits per heavy atom. The highest BCUT2D eigenvalue weighted by Crippen LogP contribution is 2.35. The van der Waals surface area contributed by atoms with E-state index >= 15 is 0 Å². The quantitative estimate of drug-likeness (QED) is 0.878. The predicted octanol–water partition coefficient (Wildman–Crippen LogP) is 4.31. The van der Waals surface area contributed by atoms with Crippen LogP contribution in [0.5, 0.6) is 5.75 Å². The molecule has 21 heavy (non-hydrogen) atoms. The lowest BCUT2D eigenvalue weighted by Gasteiger charge is -2.18. The second-order valence-corrected chi connectivity index (χ2v) is 5.81. The molecule has 0 saturated heterocycles. The fourth-order valence-corrected chi connectivity index (χ4v) is 3.07. The van der Waals surface area contributed by atoms with Crippen molar-refractivity contribution in [3.8, 4) is 5.75 Å². The Morgan fingerprint density at radius 2 is 1.90 bits per heavy atom. The van der Waals surface area contributed by atoms with Gasteiger partial charge in [0.2, 0.25) is 0 Å². The summed E-state index contributed by atoms with van der Waals surface area (Å²) in [5, 5.41) is 10.3. The molecule has 0 radical (unpaired) electrons. The molecule has 0 amide bonds. The molecule has 0 heterocycles. The number of benzene rings is 1. The van der Waals surface area contributed by atoms with Gasteiger partial charge in [-0.3, -0.25) is 0 Å². The number of halogens is 3. The van der Waals surface area contributed by atoms with Crippen LogP contribution in [-0.4, -0.2) is 17.6 Å². The lowest BCUT2D eigenvalue weighted by atomic mass is 9.93. The van der Waals surface area contributed by atoms with Crippen molar-refractivity contribution in [3.05, 3.63) is 29.8 Å². The minimum Gasteiger partial charge on any atom is -0.406 e. The summed E-state index contributed by atoms with van der Waals surface area (Å²) in [7, 11) is 0. The van der Waals surface area contributed by atoms with E-state index in [4.69, 9.17) is 0 Å². The third-order valence-electron chi connectivity index (χ3n) is 4.31. The molecule has 0 spiro atoms. The number of rotatable bonds is 5. The van der Waals surface area contributed by atoms with Crippen LogP contribution < -0.4 is 4.74 Å². The van der Waals surface area contributed by atoms with Crippen molar-refractivity contribution in [1.29, 1.82) is 0 Å². The van der Waals surface area contributed by atoms with E-state index in [2.05, 4.69) is 11.7 Å². The predicted molar refractivity (Wildman–Crippen MR) is 74.0 cm³/mol. The number of hydrogen-bond acceptors (Lipinski definition) is 2. The van der Waals surface area contributed by atoms with Gasteiger partial charge in [-0.25, -0.2) is 0 Å². The first-order valence-corrected chi connectivity index (χ1v) is 7.40. The molecular formula is C16H21F3O2. The van der Waals surface area contributed by atoms with E-state index in [9.17, 15) is 18.3 Å². The average molecular weight is 302 g/mol. The Labute approximate surface area is 122 Å². The summed E-state index contributed by atoms with van der Waals surface area (Å²) in [6.45, 7) is 2.17. The summed E-state index contributed by atoms with van der Waals surface area (Å²) in [4.78, 5) is 0. The summed E-state index contributed by atoms with van der Waals surface area (Å²) in [5.41, 5.74) is 0.831. The van der Waals surface area contributed by atoms with Gasteiger partial charge in [0, 0.05) is 0 Å². The topological polar surface area (TPSA) is 29.5 Å². The Morgan fingerprint density at radius 3 is 2.43 bits per heavy atom. The van der Waals surface area contributed by atoms with E-state index in [-0.39, 0.29) is 5.75 Å². The number of aliphatic hydroxyl groups is 1. The van der Waals surface area contributed by atoms with Crippen LogP contribution in [0.1, 0.15) is 38.2 Å². The Hall–Kier alpha value is -1.23. The fourth-order valence-electron chi connectivity index (χ4n) is 3.07. The van der Waals surface area contributed by atoms with Gasteiger partial charge in [-0.1, -0.05) is 31.9 Å². The Bertz CT molecular complexity index is 442. The first kappa shape index (κ1) is 16.1. The summed E-state index contributed by atoms with van der Waals surface area (Å²) < 4.78 is 40.0. The second-order valence-electron chi connectivity index (χ2n) is 5.81. The van der Waals surface area contributed by atoms with Crippen molar-refractivity contribution in [2.45, 2.75) is 51.5 Å². The molecule has 0 aromatic heterocycles. The highest BCUT2D eigenvalue weighted by molar-refractivity contribution is 5.27. The normalized spacial score (nSPS) is 24.0. The maximum absolute atomic E-state index is 12.1. The molecule has 5 heteroatoms. The Kier molecular flexibility index (Phi) is 5.14. The summed E-state index contributed by atoms with van der Waals surface area (Å²) in [6, 6.07) is 5.74. The van der Waals surface area contributed by atoms with Crippen molar-refractivity contribution in [3.63, 3.8) is 0 Å². The SMILES string of the molecule is CCC1CCC(C(O)Cc2ccc(OC(F)(F)F)cc2)C1. The van der Waals surface area contributed by atoms with Crippen LogP contribution in [0.4, 0.5) is 13.2 Å². The molecule has 3 unspecified atom stereocenters. The molecule has 3 atom stereocenters. The van der Waals surface area contributed by atoms with Gasteiger partial charge in [0.15, 0.2) is 0 Å². The molecule has 2 rings (SSSR count). The molecule has 1 saturated carbocycles. The molecule has 0 bridgehead atoms. The molecule has 0 aliphatic heterocycles. The van der Waals surface area contributed by atoms with Crippen molar-refractivity contribution in [2.75, 3.05) is 0 Å². The van der Waals surface area contributed by atoms with Crippen LogP contribution >= 0.6 is 0 Å². The average Bonchev–Trinajstić information content (AvgIpc) is 2.88. The van der Waals surface area contributed by atoms with Crippen LogP contribution in [0.25, 0.3) is 0 Å². The third kappa shape index (κ3) is 4.92. The fraction of sp³-hybridized carbons (Fsp3) is 0.625. The second kappa shape index (κ2) is 6.69. The minimum absolute atomic E-state index is 0.229. The first-order valence-electron chi connectivity index (χ1n) is 7.40. The van der Waals surface area contributed by atoms with Gasteiger partial charge in [-0.15, -0.1) is 13.2 Å². The van der Waals surface area contributed by atoms with E-state index in [1.807, 2.05) is 0 Å². The highest BCUT2D eigenvalue weighted by atomic mass is 19.4. The van der Waals surface area contributed by atoms with Gasteiger partial charge in [0.05, 0.1) is 6.10 Å². The zero-order valence-electron chi connectivity index (χ0n) is 12.1. The lowest BCUT2D eigenvalue weighted by Crippen LogP contribution is -2.21. The zero-order chi connectivity index (χ0) is 15.5. The molecule has 1 N–H and O–H groups in total. The van der Waals surface area contributed by atoms with Crippen molar-refractivity contribution in [2.24, 2.45) is 11.8 Å². The molecule has 1 aromatic carbocycles. The maximum atomic E-state index is 12.1. The van der Waals surface area contributed by atoms with Crippen LogP contribution in [0.15, 0.2) is 24.3 Å². The highest BCUT2D eigenvalue weighted by Gasteiger charge is 2.31. The number of hydrogen-bond donors (Lipinski definition) is 1. The van der Waals surface area contributed by atoms with Crippen molar-refractivity contribution in [1.82, 2.24) is 0 Å². The number of ether oxygens (including phenoxy) is 1. The van der Waals surface area contributed by atoms with Crippen LogP contribution in [0.2, 0.25) is 0 Å². The zero-order valence-corrected chi connectivity index (χ0v) is 12.1. The van der Waals surface area contributed by atoms with Gasteiger partial charge >= 0.3 is 6.36 Å². The third-order valence-corrected chi connectivity index (χ3v) is 4.31. The summed E-state index contributed by atoms with van der Waals surface area (Å²) >= 11 is 0. The number of alkyl halides is 3. The summed E-state index contributed by atoms with van der Waals surface area (Å²) in [6.07, 6.45) is -0.213. The van der Waals surface area contributed by atoms with E-state index in [0.29, 0.717) is 18.3 Å². The van der Waals surface area contributed by atoms with Crippen LogP contribution in [-0.2, 0) is 6.42 Å². The smallest absolute Gasteiger partial charge is 0.406 e. The molecule has 1 aliphatic rings. The molecule has 1 fully saturated rings. The number of aliphatic hydroxyl groups excluding tert-OH is 1. The van der Waals surface area contributed by atoms with Gasteiger partial charge < -0.3 is 9.84 Å². The largest absolute Gasteiger partial charge is 0.573 e.